The highest BCUT2D eigenvalue weighted by Crippen LogP contribution is 2.32. The van der Waals surface area contributed by atoms with E-state index in [9.17, 15) is 0 Å². The van der Waals surface area contributed by atoms with Crippen LogP contribution in [0.3, 0.4) is 0 Å². The molecule has 3 heterocycles. The van der Waals surface area contributed by atoms with E-state index in [1.807, 2.05) is 6.92 Å². The summed E-state index contributed by atoms with van der Waals surface area (Å²) in [5, 5.41) is 8.93. The van der Waals surface area contributed by atoms with Gasteiger partial charge in [-0.1, -0.05) is 11.6 Å². The maximum absolute atomic E-state index is 4.87. The van der Waals surface area contributed by atoms with E-state index in [4.69, 9.17) is 4.52 Å². The van der Waals surface area contributed by atoms with Gasteiger partial charge in [-0.2, -0.15) is 0 Å². The van der Waals surface area contributed by atoms with E-state index in [0.717, 1.165) is 30.8 Å². The minimum atomic E-state index is 0.778. The number of nitrogens with zero attached hydrogens (tertiary/aromatic N) is 4. The highest BCUT2D eigenvalue weighted by atomic mass is 16.5. The van der Waals surface area contributed by atoms with Crippen molar-refractivity contribution >= 4 is 22.7 Å². The Kier molecular flexibility index (Phi) is 3.31. The Morgan fingerprint density at radius 1 is 1.35 bits per heavy atom. The van der Waals surface area contributed by atoms with E-state index in [2.05, 4.69) is 58.2 Å². The summed E-state index contributed by atoms with van der Waals surface area (Å²) in [6.45, 7) is 6.28. The number of allylic oxidation sites excluding steroid dienone is 1. The fourth-order valence-corrected chi connectivity index (χ4v) is 3.39. The molecule has 1 aliphatic rings. The van der Waals surface area contributed by atoms with Gasteiger partial charge < -0.3 is 14.0 Å². The summed E-state index contributed by atoms with van der Waals surface area (Å²) in [4.78, 5) is 2.38. The van der Waals surface area contributed by atoms with Crippen LogP contribution in [0.15, 0.2) is 29.0 Å². The molecule has 1 aromatic carbocycles. The van der Waals surface area contributed by atoms with Crippen LogP contribution < -0.4 is 0 Å². The number of hydrogen-bond acceptors (Lipinski definition) is 4. The molecule has 0 fully saturated rings. The summed E-state index contributed by atoms with van der Waals surface area (Å²) in [5.74, 6) is 0. The quantitative estimate of drug-likeness (QED) is 0.728. The molecule has 0 unspecified atom stereocenters. The average molecular weight is 308 g/mol. The van der Waals surface area contributed by atoms with Crippen LogP contribution in [0.1, 0.15) is 29.4 Å². The number of hydrogen-bond donors (Lipinski definition) is 0. The van der Waals surface area contributed by atoms with E-state index in [1.165, 1.54) is 27.7 Å². The molecule has 5 nitrogen and oxygen atoms in total. The van der Waals surface area contributed by atoms with Crippen molar-refractivity contribution < 1.29 is 4.52 Å². The lowest BCUT2D eigenvalue weighted by molar-refractivity contribution is 0.312. The van der Waals surface area contributed by atoms with Gasteiger partial charge in [-0.25, -0.2) is 0 Å². The zero-order chi connectivity index (χ0) is 16.0. The van der Waals surface area contributed by atoms with Gasteiger partial charge in [-0.15, -0.1) is 5.10 Å². The molecule has 0 spiro atoms. The lowest BCUT2D eigenvalue weighted by atomic mass is 10.0. The molecule has 2 aromatic heterocycles. The van der Waals surface area contributed by atoms with Crippen molar-refractivity contribution in [3.63, 3.8) is 0 Å². The summed E-state index contributed by atoms with van der Waals surface area (Å²) < 4.78 is 7.19. The predicted octanol–water partition coefficient (Wildman–Crippen LogP) is 3.34. The Labute approximate surface area is 135 Å². The molecule has 0 saturated heterocycles. The van der Waals surface area contributed by atoms with Crippen LogP contribution in [-0.2, 0) is 13.0 Å². The third-order valence-corrected chi connectivity index (χ3v) is 4.62. The Morgan fingerprint density at radius 3 is 3.00 bits per heavy atom. The lowest BCUT2D eigenvalue weighted by Crippen LogP contribution is -2.26. The molecule has 0 atom stereocenters. The van der Waals surface area contributed by atoms with Crippen LogP contribution in [0.4, 0.5) is 0 Å². The smallest absolute Gasteiger partial charge is 0.152 e. The molecule has 0 aliphatic carbocycles. The van der Waals surface area contributed by atoms with E-state index in [1.54, 1.807) is 6.26 Å². The molecule has 0 radical (unpaired) electrons. The molecule has 0 bridgehead atoms. The lowest BCUT2D eigenvalue weighted by Gasteiger charge is -2.23. The maximum Gasteiger partial charge on any atom is 0.152 e. The summed E-state index contributed by atoms with van der Waals surface area (Å²) in [6.07, 6.45) is 4.80. The summed E-state index contributed by atoms with van der Waals surface area (Å²) >= 11 is 0. The molecule has 0 saturated carbocycles. The summed E-state index contributed by atoms with van der Waals surface area (Å²) in [7, 11) is 2.18. The van der Waals surface area contributed by atoms with E-state index in [0.29, 0.717) is 0 Å². The van der Waals surface area contributed by atoms with Gasteiger partial charge in [-0.3, -0.25) is 0 Å². The molecule has 5 heteroatoms. The number of aromatic nitrogens is 3. The Balaban J connectivity index is 1.94. The third kappa shape index (κ3) is 2.37. The van der Waals surface area contributed by atoms with Crippen molar-refractivity contribution in [1.82, 2.24) is 19.8 Å². The number of aryl methyl sites for hydroxylation is 1. The van der Waals surface area contributed by atoms with Crippen molar-refractivity contribution in [2.24, 2.45) is 0 Å². The fourth-order valence-electron chi connectivity index (χ4n) is 3.39. The van der Waals surface area contributed by atoms with Crippen molar-refractivity contribution in [3.8, 4) is 0 Å². The number of benzene rings is 1. The molecule has 118 valence electrons. The minimum absolute atomic E-state index is 0.778. The first-order valence-electron chi connectivity index (χ1n) is 7.90. The van der Waals surface area contributed by atoms with Crippen LogP contribution in [-0.4, -0.2) is 33.4 Å². The SMILES string of the molecule is CC(=Cn1c2c(c3cc(C)ccc31)CN(C)CC2)c1conn1. The second-order valence-corrected chi connectivity index (χ2v) is 6.41. The highest BCUT2D eigenvalue weighted by molar-refractivity contribution is 5.90. The Hall–Kier alpha value is -2.40. The first-order chi connectivity index (χ1) is 11.1. The monoisotopic (exact) mass is 308 g/mol. The summed E-state index contributed by atoms with van der Waals surface area (Å²) in [6, 6.07) is 6.69. The van der Waals surface area contributed by atoms with Gasteiger partial charge in [0.25, 0.3) is 0 Å². The van der Waals surface area contributed by atoms with Gasteiger partial charge in [0.2, 0.25) is 0 Å². The van der Waals surface area contributed by atoms with E-state index in [-0.39, 0.29) is 0 Å². The standard InChI is InChI=1S/C18H20N4O/c1-12-4-5-17-14(8-12)15-10-21(3)7-6-18(15)22(17)9-13(2)16-11-23-20-19-16/h4-5,8-9,11H,6-7,10H2,1-3H3. The van der Waals surface area contributed by atoms with Crippen LogP contribution in [0, 0.1) is 6.92 Å². The normalized spacial score (nSPS) is 16.0. The topological polar surface area (TPSA) is 47.1 Å². The first kappa shape index (κ1) is 14.2. The molecular weight excluding hydrogens is 288 g/mol. The highest BCUT2D eigenvalue weighted by Gasteiger charge is 2.22. The second-order valence-electron chi connectivity index (χ2n) is 6.41. The van der Waals surface area contributed by atoms with Crippen LogP contribution >= 0.6 is 0 Å². The van der Waals surface area contributed by atoms with Crippen molar-refractivity contribution in [2.45, 2.75) is 26.8 Å². The van der Waals surface area contributed by atoms with E-state index >= 15 is 0 Å². The van der Waals surface area contributed by atoms with Gasteiger partial charge in [0.1, 0.15) is 5.69 Å². The molecule has 3 aromatic rings. The van der Waals surface area contributed by atoms with Crippen molar-refractivity contribution in [1.29, 1.82) is 0 Å². The molecule has 1 aliphatic heterocycles. The maximum atomic E-state index is 4.87. The van der Waals surface area contributed by atoms with Crippen LogP contribution in [0.5, 0.6) is 0 Å². The molecular formula is C18H20N4O. The molecule has 23 heavy (non-hydrogen) atoms. The molecule has 0 amide bonds. The summed E-state index contributed by atoms with van der Waals surface area (Å²) in [5.41, 5.74) is 7.23. The van der Waals surface area contributed by atoms with Crippen molar-refractivity contribution in [2.75, 3.05) is 13.6 Å². The number of fused-ring (bicyclic) bond motifs is 3. The van der Waals surface area contributed by atoms with Gasteiger partial charge in [0, 0.05) is 42.1 Å². The number of rotatable bonds is 2. The minimum Gasteiger partial charge on any atom is -0.345 e. The largest absolute Gasteiger partial charge is 0.345 e. The Morgan fingerprint density at radius 2 is 2.22 bits per heavy atom. The van der Waals surface area contributed by atoms with Gasteiger partial charge in [0.15, 0.2) is 6.26 Å². The van der Waals surface area contributed by atoms with Crippen LogP contribution in [0.2, 0.25) is 0 Å². The van der Waals surface area contributed by atoms with Gasteiger partial charge >= 0.3 is 0 Å². The zero-order valence-electron chi connectivity index (χ0n) is 13.7. The predicted molar refractivity (Wildman–Crippen MR) is 90.9 cm³/mol. The van der Waals surface area contributed by atoms with Gasteiger partial charge in [0.05, 0.1) is 5.52 Å². The average Bonchev–Trinajstić information content (AvgIpc) is 3.15. The van der Waals surface area contributed by atoms with Gasteiger partial charge in [-0.05, 0) is 44.2 Å². The molecule has 4 rings (SSSR count). The Bertz CT molecular complexity index is 890. The first-order valence-corrected chi connectivity index (χ1v) is 7.90. The molecule has 0 N–H and O–H groups in total. The van der Waals surface area contributed by atoms with E-state index < -0.39 is 0 Å². The zero-order valence-corrected chi connectivity index (χ0v) is 13.7. The second kappa shape index (κ2) is 5.35. The van der Waals surface area contributed by atoms with Crippen LogP contribution in [0.25, 0.3) is 22.7 Å². The fraction of sp³-hybridized carbons (Fsp3) is 0.333. The third-order valence-electron chi connectivity index (χ3n) is 4.62. The van der Waals surface area contributed by atoms with Crippen molar-refractivity contribution in [3.05, 3.63) is 47.0 Å². The number of likely N-dealkylation sites (N-methyl/N-ethyl adjacent to an activating group) is 1.